The summed E-state index contributed by atoms with van der Waals surface area (Å²) in [6.07, 6.45) is 1.17. The molecule has 0 aliphatic heterocycles. The van der Waals surface area contributed by atoms with Crippen LogP contribution in [0, 0.1) is 0 Å². The van der Waals surface area contributed by atoms with Gasteiger partial charge in [0, 0.05) is 12.6 Å². The zero-order chi connectivity index (χ0) is 12.7. The fourth-order valence-corrected chi connectivity index (χ4v) is 1.71. The Kier molecular flexibility index (Phi) is 6.18. The van der Waals surface area contributed by atoms with Gasteiger partial charge in [-0.05, 0) is 40.2 Å². The molecule has 1 aromatic rings. The van der Waals surface area contributed by atoms with Crippen molar-refractivity contribution < 1.29 is 4.52 Å². The highest BCUT2D eigenvalue weighted by Crippen LogP contribution is 2.07. The van der Waals surface area contributed by atoms with Crippen molar-refractivity contribution in [1.29, 1.82) is 0 Å². The van der Waals surface area contributed by atoms with Gasteiger partial charge in [-0.25, -0.2) is 0 Å². The van der Waals surface area contributed by atoms with Crippen molar-refractivity contribution in [2.45, 2.75) is 26.4 Å². The first-order chi connectivity index (χ1) is 8.15. The van der Waals surface area contributed by atoms with E-state index in [1.165, 1.54) is 6.42 Å². The molecular formula is C12H24N4O. The monoisotopic (exact) mass is 240 g/mol. The van der Waals surface area contributed by atoms with E-state index in [1.54, 1.807) is 0 Å². The van der Waals surface area contributed by atoms with Crippen molar-refractivity contribution in [3.63, 3.8) is 0 Å². The second kappa shape index (κ2) is 7.42. The molecule has 0 bridgehead atoms. The Bertz CT molecular complexity index is 311. The number of aromatic nitrogens is 1. The first kappa shape index (κ1) is 14.2. The molecule has 0 saturated carbocycles. The molecule has 0 fully saturated rings. The molecule has 1 rings (SSSR count). The lowest BCUT2D eigenvalue weighted by Gasteiger charge is -2.19. The Hall–Kier alpha value is -0.910. The summed E-state index contributed by atoms with van der Waals surface area (Å²) in [6.45, 7) is 6.63. The van der Waals surface area contributed by atoms with Crippen LogP contribution >= 0.6 is 0 Å². The molecule has 5 heteroatoms. The van der Waals surface area contributed by atoms with Gasteiger partial charge in [-0.2, -0.15) is 0 Å². The third kappa shape index (κ3) is 5.30. The zero-order valence-corrected chi connectivity index (χ0v) is 11.1. The smallest absolute Gasteiger partial charge is 0.151 e. The summed E-state index contributed by atoms with van der Waals surface area (Å²) in [7, 11) is 4.19. The molecule has 0 spiro atoms. The van der Waals surface area contributed by atoms with Crippen LogP contribution < -0.4 is 5.73 Å². The average molecular weight is 240 g/mol. The molecule has 1 heterocycles. The van der Waals surface area contributed by atoms with Crippen LogP contribution in [0.2, 0.25) is 0 Å². The predicted molar refractivity (Wildman–Crippen MR) is 68.5 cm³/mol. The molecule has 17 heavy (non-hydrogen) atoms. The van der Waals surface area contributed by atoms with Crippen LogP contribution in [0.1, 0.15) is 24.8 Å². The van der Waals surface area contributed by atoms with Crippen LogP contribution in [0.5, 0.6) is 0 Å². The lowest BCUT2D eigenvalue weighted by atomic mass is 10.3. The summed E-state index contributed by atoms with van der Waals surface area (Å²) in [5.41, 5.74) is 6.32. The summed E-state index contributed by atoms with van der Waals surface area (Å²) >= 11 is 0. The molecule has 0 aliphatic rings. The largest absolute Gasteiger partial charge is 0.360 e. The SMILES string of the molecule is CCN(CCCN(C)C)Cc1cc(CN)no1. The van der Waals surface area contributed by atoms with Crippen molar-refractivity contribution in [1.82, 2.24) is 15.0 Å². The second-order valence-corrected chi connectivity index (χ2v) is 4.51. The molecule has 0 amide bonds. The van der Waals surface area contributed by atoms with E-state index in [1.807, 2.05) is 6.07 Å². The van der Waals surface area contributed by atoms with E-state index in [2.05, 4.69) is 36.0 Å². The minimum atomic E-state index is 0.441. The summed E-state index contributed by atoms with van der Waals surface area (Å²) in [6, 6.07) is 1.94. The van der Waals surface area contributed by atoms with Crippen LogP contribution in [0.25, 0.3) is 0 Å². The summed E-state index contributed by atoms with van der Waals surface area (Å²) < 4.78 is 5.23. The van der Waals surface area contributed by atoms with Crippen molar-refractivity contribution >= 4 is 0 Å². The Balaban J connectivity index is 2.35. The van der Waals surface area contributed by atoms with Gasteiger partial charge in [0.2, 0.25) is 0 Å². The molecule has 0 unspecified atom stereocenters. The lowest BCUT2D eigenvalue weighted by Crippen LogP contribution is -2.26. The van der Waals surface area contributed by atoms with E-state index in [9.17, 15) is 0 Å². The molecular weight excluding hydrogens is 216 g/mol. The number of nitrogens with zero attached hydrogens (tertiary/aromatic N) is 3. The van der Waals surface area contributed by atoms with E-state index in [0.29, 0.717) is 6.54 Å². The van der Waals surface area contributed by atoms with E-state index >= 15 is 0 Å². The topological polar surface area (TPSA) is 58.5 Å². The first-order valence-corrected chi connectivity index (χ1v) is 6.17. The molecule has 0 saturated heterocycles. The van der Waals surface area contributed by atoms with Crippen LogP contribution in [0.15, 0.2) is 10.6 Å². The van der Waals surface area contributed by atoms with Crippen LogP contribution in [0.4, 0.5) is 0 Å². The van der Waals surface area contributed by atoms with Crippen molar-refractivity contribution in [2.75, 3.05) is 33.7 Å². The highest BCUT2D eigenvalue weighted by Gasteiger charge is 2.08. The van der Waals surface area contributed by atoms with E-state index in [4.69, 9.17) is 10.3 Å². The van der Waals surface area contributed by atoms with Gasteiger partial charge in [-0.3, -0.25) is 4.90 Å². The van der Waals surface area contributed by atoms with Crippen molar-refractivity contribution in [3.05, 3.63) is 17.5 Å². The standard InChI is InChI=1S/C12H24N4O/c1-4-16(7-5-6-15(2)3)10-12-8-11(9-13)14-17-12/h8H,4-7,9-10,13H2,1-3H3. The minimum absolute atomic E-state index is 0.441. The lowest BCUT2D eigenvalue weighted by molar-refractivity contribution is 0.228. The van der Waals surface area contributed by atoms with Crippen molar-refractivity contribution in [3.8, 4) is 0 Å². The van der Waals surface area contributed by atoms with Gasteiger partial charge >= 0.3 is 0 Å². The van der Waals surface area contributed by atoms with E-state index in [0.717, 1.165) is 37.6 Å². The Morgan fingerprint density at radius 1 is 1.35 bits per heavy atom. The number of hydrogen-bond donors (Lipinski definition) is 1. The average Bonchev–Trinajstić information content (AvgIpc) is 2.75. The van der Waals surface area contributed by atoms with Gasteiger partial charge < -0.3 is 15.2 Å². The molecule has 5 nitrogen and oxygen atoms in total. The first-order valence-electron chi connectivity index (χ1n) is 6.17. The number of hydrogen-bond acceptors (Lipinski definition) is 5. The number of rotatable bonds is 8. The molecule has 2 N–H and O–H groups in total. The number of nitrogens with two attached hydrogens (primary N) is 1. The van der Waals surface area contributed by atoms with E-state index in [-0.39, 0.29) is 0 Å². The molecule has 0 aliphatic carbocycles. The highest BCUT2D eigenvalue weighted by molar-refractivity contribution is 5.04. The third-order valence-corrected chi connectivity index (χ3v) is 2.72. The zero-order valence-electron chi connectivity index (χ0n) is 11.1. The summed E-state index contributed by atoms with van der Waals surface area (Å²) in [5.74, 6) is 0.900. The summed E-state index contributed by atoms with van der Waals surface area (Å²) in [5, 5.41) is 3.90. The molecule has 0 atom stereocenters. The maximum Gasteiger partial charge on any atom is 0.151 e. The van der Waals surface area contributed by atoms with Gasteiger partial charge in [0.25, 0.3) is 0 Å². The predicted octanol–water partition coefficient (Wildman–Crippen LogP) is 0.907. The molecule has 1 aromatic heterocycles. The van der Waals surface area contributed by atoms with Crippen LogP contribution in [-0.4, -0.2) is 48.7 Å². The van der Waals surface area contributed by atoms with Crippen LogP contribution in [-0.2, 0) is 13.1 Å². The van der Waals surface area contributed by atoms with Gasteiger partial charge in [-0.15, -0.1) is 0 Å². The van der Waals surface area contributed by atoms with Crippen molar-refractivity contribution in [2.24, 2.45) is 5.73 Å². The van der Waals surface area contributed by atoms with Gasteiger partial charge in [0.1, 0.15) is 0 Å². The normalized spacial score (nSPS) is 11.6. The summed E-state index contributed by atoms with van der Waals surface area (Å²) in [4.78, 5) is 4.55. The fourth-order valence-electron chi connectivity index (χ4n) is 1.71. The Labute approximate surface area is 104 Å². The highest BCUT2D eigenvalue weighted by atomic mass is 16.5. The quantitative estimate of drug-likeness (QED) is 0.732. The maximum atomic E-state index is 5.50. The Morgan fingerprint density at radius 3 is 2.65 bits per heavy atom. The van der Waals surface area contributed by atoms with Crippen LogP contribution in [0.3, 0.4) is 0 Å². The maximum absolute atomic E-state index is 5.50. The molecule has 0 aromatic carbocycles. The van der Waals surface area contributed by atoms with Gasteiger partial charge in [0.05, 0.1) is 12.2 Å². The fraction of sp³-hybridized carbons (Fsp3) is 0.750. The van der Waals surface area contributed by atoms with Gasteiger partial charge in [0.15, 0.2) is 5.76 Å². The van der Waals surface area contributed by atoms with Gasteiger partial charge in [-0.1, -0.05) is 12.1 Å². The Morgan fingerprint density at radius 2 is 2.12 bits per heavy atom. The third-order valence-electron chi connectivity index (χ3n) is 2.72. The minimum Gasteiger partial charge on any atom is -0.360 e. The van der Waals surface area contributed by atoms with E-state index < -0.39 is 0 Å². The second-order valence-electron chi connectivity index (χ2n) is 4.51. The molecule has 0 radical (unpaired) electrons. The molecule has 98 valence electrons.